The van der Waals surface area contributed by atoms with Gasteiger partial charge in [0.25, 0.3) is 0 Å². The predicted octanol–water partition coefficient (Wildman–Crippen LogP) is 2.98. The molecule has 0 radical (unpaired) electrons. The fourth-order valence-corrected chi connectivity index (χ4v) is 1.88. The number of halogens is 2. The summed E-state index contributed by atoms with van der Waals surface area (Å²) in [4.78, 5) is 11.8. The number of nitrogens with two attached hydrogens (primary N) is 1. The second-order valence-corrected chi connectivity index (χ2v) is 5.13. The number of carbonyl (C=O) groups excluding carboxylic acids is 1. The van der Waals surface area contributed by atoms with E-state index in [4.69, 9.17) is 28.9 Å². The van der Waals surface area contributed by atoms with Gasteiger partial charge in [-0.3, -0.25) is 4.79 Å². The molecule has 1 amide bonds. The number of rotatable bonds is 5. The molecule has 0 saturated carbocycles. The van der Waals surface area contributed by atoms with E-state index in [-0.39, 0.29) is 11.8 Å². The highest BCUT2D eigenvalue weighted by molar-refractivity contribution is 6.42. The Hall–Kier alpha value is -0.770. The topological polar surface area (TPSA) is 55.1 Å². The summed E-state index contributed by atoms with van der Waals surface area (Å²) in [5.74, 6) is -0.0137. The van der Waals surface area contributed by atoms with Gasteiger partial charge < -0.3 is 11.1 Å². The average Bonchev–Trinajstić information content (AvgIpc) is 2.38. The Morgan fingerprint density at radius 3 is 2.72 bits per heavy atom. The van der Waals surface area contributed by atoms with E-state index in [1.54, 1.807) is 12.1 Å². The maximum atomic E-state index is 11.8. The van der Waals surface area contributed by atoms with E-state index in [2.05, 4.69) is 5.32 Å². The van der Waals surface area contributed by atoms with Crippen molar-refractivity contribution in [2.75, 3.05) is 0 Å². The fourth-order valence-electron chi connectivity index (χ4n) is 1.50. The minimum Gasteiger partial charge on any atom is -0.351 e. The first-order valence-corrected chi connectivity index (χ1v) is 6.69. The quantitative estimate of drug-likeness (QED) is 0.875. The van der Waals surface area contributed by atoms with Gasteiger partial charge in [0.1, 0.15) is 0 Å². The lowest BCUT2D eigenvalue weighted by Crippen LogP contribution is -2.44. The van der Waals surface area contributed by atoms with Crippen molar-refractivity contribution >= 4 is 29.1 Å². The number of benzene rings is 1. The second-order valence-electron chi connectivity index (χ2n) is 4.34. The van der Waals surface area contributed by atoms with E-state index in [1.165, 1.54) is 0 Å². The van der Waals surface area contributed by atoms with E-state index in [9.17, 15) is 4.79 Å². The van der Waals surface area contributed by atoms with Gasteiger partial charge in [-0.1, -0.05) is 55.6 Å². The highest BCUT2D eigenvalue weighted by Gasteiger charge is 2.19. The van der Waals surface area contributed by atoms with Crippen molar-refractivity contribution in [2.45, 2.75) is 32.9 Å². The molecule has 5 heteroatoms. The lowest BCUT2D eigenvalue weighted by molar-refractivity contribution is -0.123. The largest absolute Gasteiger partial charge is 0.351 e. The number of amides is 1. The Labute approximate surface area is 118 Å². The number of nitrogens with one attached hydrogen (secondary N) is 1. The van der Waals surface area contributed by atoms with Crippen LogP contribution in [0, 0.1) is 5.92 Å². The molecule has 0 aliphatic rings. The summed E-state index contributed by atoms with van der Waals surface area (Å²) >= 11 is 11.9. The van der Waals surface area contributed by atoms with Crippen molar-refractivity contribution in [3.05, 3.63) is 33.8 Å². The summed E-state index contributed by atoms with van der Waals surface area (Å²) in [7, 11) is 0. The van der Waals surface area contributed by atoms with Crippen molar-refractivity contribution in [2.24, 2.45) is 11.7 Å². The van der Waals surface area contributed by atoms with Gasteiger partial charge in [0.15, 0.2) is 0 Å². The van der Waals surface area contributed by atoms with Crippen LogP contribution in [0.1, 0.15) is 25.8 Å². The van der Waals surface area contributed by atoms with Crippen molar-refractivity contribution in [1.29, 1.82) is 0 Å². The molecule has 0 bridgehead atoms. The minimum atomic E-state index is -0.493. The van der Waals surface area contributed by atoms with Crippen LogP contribution in [-0.4, -0.2) is 11.9 Å². The number of carbonyl (C=O) groups is 1. The molecule has 0 aliphatic carbocycles. The summed E-state index contributed by atoms with van der Waals surface area (Å²) in [6.07, 6.45) is 0.868. The molecule has 3 nitrogen and oxygen atoms in total. The molecular weight excluding hydrogens is 271 g/mol. The molecule has 0 heterocycles. The van der Waals surface area contributed by atoms with Gasteiger partial charge in [-0.2, -0.15) is 0 Å². The van der Waals surface area contributed by atoms with Gasteiger partial charge >= 0.3 is 0 Å². The molecule has 1 aromatic carbocycles. The third-order valence-electron chi connectivity index (χ3n) is 3.04. The molecule has 2 atom stereocenters. The van der Waals surface area contributed by atoms with Gasteiger partial charge in [0.05, 0.1) is 16.1 Å². The first kappa shape index (κ1) is 15.3. The van der Waals surface area contributed by atoms with Gasteiger partial charge in [0, 0.05) is 6.54 Å². The number of hydrogen-bond donors (Lipinski definition) is 2. The van der Waals surface area contributed by atoms with Crippen LogP contribution in [0.4, 0.5) is 0 Å². The SMILES string of the molecule is CC[C@H](C)[C@H](N)C(=O)NCc1cccc(Cl)c1Cl. The molecule has 0 saturated heterocycles. The van der Waals surface area contributed by atoms with Crippen molar-refractivity contribution in [3.8, 4) is 0 Å². The molecule has 1 rings (SSSR count). The van der Waals surface area contributed by atoms with E-state index in [0.717, 1.165) is 12.0 Å². The van der Waals surface area contributed by atoms with Gasteiger partial charge in [-0.15, -0.1) is 0 Å². The third kappa shape index (κ3) is 3.87. The lowest BCUT2D eigenvalue weighted by Gasteiger charge is -2.18. The maximum absolute atomic E-state index is 11.8. The van der Waals surface area contributed by atoms with Crippen LogP contribution in [0.25, 0.3) is 0 Å². The van der Waals surface area contributed by atoms with Gasteiger partial charge in [0.2, 0.25) is 5.91 Å². The van der Waals surface area contributed by atoms with E-state index >= 15 is 0 Å². The van der Waals surface area contributed by atoms with Crippen LogP contribution >= 0.6 is 23.2 Å². The zero-order chi connectivity index (χ0) is 13.7. The summed E-state index contributed by atoms with van der Waals surface area (Å²) in [5, 5.41) is 3.73. The Morgan fingerprint density at radius 1 is 1.44 bits per heavy atom. The zero-order valence-electron chi connectivity index (χ0n) is 10.5. The molecule has 0 aliphatic heterocycles. The summed E-state index contributed by atoms with van der Waals surface area (Å²) in [5.41, 5.74) is 6.62. The summed E-state index contributed by atoms with van der Waals surface area (Å²) in [6.45, 7) is 4.30. The van der Waals surface area contributed by atoms with E-state index in [0.29, 0.717) is 16.6 Å². The average molecular weight is 289 g/mol. The second kappa shape index (κ2) is 6.98. The molecule has 0 fully saturated rings. The van der Waals surface area contributed by atoms with E-state index in [1.807, 2.05) is 19.9 Å². The minimum absolute atomic E-state index is 0.153. The van der Waals surface area contributed by atoms with Crippen LogP contribution < -0.4 is 11.1 Å². The molecule has 0 unspecified atom stereocenters. The Bertz CT molecular complexity index is 423. The monoisotopic (exact) mass is 288 g/mol. The molecule has 1 aromatic rings. The first-order valence-electron chi connectivity index (χ1n) is 5.93. The Balaban J connectivity index is 2.60. The Kier molecular flexibility index (Phi) is 5.93. The zero-order valence-corrected chi connectivity index (χ0v) is 12.1. The summed E-state index contributed by atoms with van der Waals surface area (Å²) < 4.78 is 0. The Morgan fingerprint density at radius 2 is 2.11 bits per heavy atom. The van der Waals surface area contributed by atoms with E-state index < -0.39 is 6.04 Å². The van der Waals surface area contributed by atoms with Gasteiger partial charge in [-0.05, 0) is 17.5 Å². The highest BCUT2D eigenvalue weighted by atomic mass is 35.5. The standard InChI is InChI=1S/C13H18Cl2N2O/c1-3-8(2)12(16)13(18)17-7-9-5-4-6-10(14)11(9)15/h4-6,8,12H,3,7,16H2,1-2H3,(H,17,18)/t8-,12-/m0/s1. The van der Waals surface area contributed by atoms with Crippen molar-refractivity contribution in [1.82, 2.24) is 5.32 Å². The summed E-state index contributed by atoms with van der Waals surface area (Å²) in [6, 6.07) is 4.83. The van der Waals surface area contributed by atoms with Gasteiger partial charge in [-0.25, -0.2) is 0 Å². The predicted molar refractivity (Wildman–Crippen MR) is 75.7 cm³/mol. The van der Waals surface area contributed by atoms with Crippen LogP contribution in [0.5, 0.6) is 0 Å². The lowest BCUT2D eigenvalue weighted by atomic mass is 9.99. The van der Waals surface area contributed by atoms with Crippen LogP contribution in [0.15, 0.2) is 18.2 Å². The number of hydrogen-bond acceptors (Lipinski definition) is 2. The molecule has 3 N–H and O–H groups in total. The van der Waals surface area contributed by atoms with Crippen LogP contribution in [0.3, 0.4) is 0 Å². The highest BCUT2D eigenvalue weighted by Crippen LogP contribution is 2.25. The van der Waals surface area contributed by atoms with Crippen LogP contribution in [0.2, 0.25) is 10.0 Å². The fraction of sp³-hybridized carbons (Fsp3) is 0.462. The normalized spacial score (nSPS) is 14.1. The third-order valence-corrected chi connectivity index (χ3v) is 3.90. The smallest absolute Gasteiger partial charge is 0.237 e. The maximum Gasteiger partial charge on any atom is 0.237 e. The molecule has 18 heavy (non-hydrogen) atoms. The molecule has 100 valence electrons. The molecular formula is C13H18Cl2N2O. The molecule has 0 spiro atoms. The van der Waals surface area contributed by atoms with Crippen molar-refractivity contribution in [3.63, 3.8) is 0 Å². The first-order chi connectivity index (χ1) is 8.47. The van der Waals surface area contributed by atoms with Crippen LogP contribution in [-0.2, 0) is 11.3 Å². The van der Waals surface area contributed by atoms with Crippen molar-refractivity contribution < 1.29 is 4.79 Å². The molecule has 0 aromatic heterocycles.